The molecule has 2 rings (SSSR count). The Morgan fingerprint density at radius 3 is 2.23 bits per heavy atom. The van der Waals surface area contributed by atoms with Crippen LogP contribution in [0.25, 0.3) is 6.08 Å². The quantitative estimate of drug-likeness (QED) is 0.327. The van der Waals surface area contributed by atoms with Crippen molar-refractivity contribution in [2.24, 2.45) is 0 Å². The van der Waals surface area contributed by atoms with Gasteiger partial charge in [0.05, 0.1) is 6.54 Å². The van der Waals surface area contributed by atoms with Crippen LogP contribution in [0, 0.1) is 0 Å². The van der Waals surface area contributed by atoms with Crippen molar-refractivity contribution in [3.05, 3.63) is 90.1 Å². The van der Waals surface area contributed by atoms with Gasteiger partial charge in [0, 0.05) is 5.70 Å². The molecule has 2 aromatic rings. The lowest BCUT2D eigenvalue weighted by Crippen LogP contribution is -2.26. The molecule has 0 spiro atoms. The van der Waals surface area contributed by atoms with Crippen LogP contribution in [-0.2, 0) is 4.84 Å². The number of benzene rings is 2. The van der Waals surface area contributed by atoms with Crippen LogP contribution in [0.2, 0.25) is 0 Å². The van der Waals surface area contributed by atoms with Crippen LogP contribution >= 0.6 is 0 Å². The summed E-state index contributed by atoms with van der Waals surface area (Å²) in [6.07, 6.45) is 8.28. The molecular weight excluding hydrogens is 318 g/mol. The summed E-state index contributed by atoms with van der Waals surface area (Å²) in [7, 11) is 0. The van der Waals surface area contributed by atoms with Crippen molar-refractivity contribution in [2.75, 3.05) is 6.54 Å². The van der Waals surface area contributed by atoms with Gasteiger partial charge in [-0.1, -0.05) is 93.4 Å². The van der Waals surface area contributed by atoms with E-state index in [1.54, 1.807) is 0 Å². The van der Waals surface area contributed by atoms with Crippen molar-refractivity contribution in [1.29, 1.82) is 0 Å². The summed E-state index contributed by atoms with van der Waals surface area (Å²) in [5.74, 6) is 0. The van der Waals surface area contributed by atoms with E-state index in [0.717, 1.165) is 25.7 Å². The molecule has 138 valence electrons. The minimum Gasteiger partial charge on any atom is -0.265 e. The first kappa shape index (κ1) is 20.0. The van der Waals surface area contributed by atoms with Crippen LogP contribution in [-0.4, -0.2) is 11.6 Å². The molecule has 0 bridgehead atoms. The van der Waals surface area contributed by atoms with Crippen molar-refractivity contribution in [3.63, 3.8) is 0 Å². The number of hydrogen-bond acceptors (Lipinski definition) is 2. The number of hydrogen-bond donors (Lipinski definition) is 0. The van der Waals surface area contributed by atoms with Gasteiger partial charge in [0.1, 0.15) is 6.10 Å². The molecule has 0 saturated carbocycles. The third kappa shape index (κ3) is 6.20. The van der Waals surface area contributed by atoms with E-state index < -0.39 is 0 Å². The van der Waals surface area contributed by atoms with E-state index in [-0.39, 0.29) is 6.10 Å². The minimum atomic E-state index is 0.0529. The fourth-order valence-electron chi connectivity index (χ4n) is 2.98. The van der Waals surface area contributed by atoms with Crippen molar-refractivity contribution in [1.82, 2.24) is 5.06 Å². The minimum absolute atomic E-state index is 0.0529. The fraction of sp³-hybridized carbons (Fsp3) is 0.333. The zero-order valence-corrected chi connectivity index (χ0v) is 16.1. The van der Waals surface area contributed by atoms with Crippen LogP contribution in [0.4, 0.5) is 0 Å². The van der Waals surface area contributed by atoms with Crippen LogP contribution < -0.4 is 0 Å². The Kier molecular flexibility index (Phi) is 8.71. The smallest absolute Gasteiger partial charge is 0.111 e. The summed E-state index contributed by atoms with van der Waals surface area (Å²) >= 11 is 0. The van der Waals surface area contributed by atoms with E-state index in [4.69, 9.17) is 4.84 Å². The van der Waals surface area contributed by atoms with Gasteiger partial charge in [-0.3, -0.25) is 9.90 Å². The number of allylic oxidation sites excluding steroid dienone is 1. The predicted octanol–water partition coefficient (Wildman–Crippen LogP) is 6.79. The van der Waals surface area contributed by atoms with Gasteiger partial charge in [-0.05, 0) is 30.0 Å². The Labute approximate surface area is 158 Å². The molecule has 0 heterocycles. The molecule has 0 saturated heterocycles. The first-order valence-electron chi connectivity index (χ1n) is 9.64. The summed E-state index contributed by atoms with van der Waals surface area (Å²) in [6.45, 7) is 9.00. The first-order chi connectivity index (χ1) is 12.8. The third-order valence-electron chi connectivity index (χ3n) is 4.23. The second kappa shape index (κ2) is 11.3. The summed E-state index contributed by atoms with van der Waals surface area (Å²) in [5, 5.41) is 2.02. The molecule has 2 heteroatoms. The molecule has 0 radical (unpaired) electrons. The summed E-state index contributed by atoms with van der Waals surface area (Å²) in [5.41, 5.74) is 3.61. The monoisotopic (exact) mass is 349 g/mol. The molecule has 0 aliphatic heterocycles. The molecule has 2 nitrogen and oxygen atoms in total. The van der Waals surface area contributed by atoms with Gasteiger partial charge in [-0.25, -0.2) is 0 Å². The fourth-order valence-corrected chi connectivity index (χ4v) is 2.98. The maximum absolute atomic E-state index is 6.50. The number of nitrogens with zero attached hydrogens (tertiary/aromatic N) is 1. The van der Waals surface area contributed by atoms with Crippen molar-refractivity contribution < 1.29 is 4.84 Å². The van der Waals surface area contributed by atoms with E-state index in [9.17, 15) is 0 Å². The Morgan fingerprint density at radius 1 is 1.00 bits per heavy atom. The van der Waals surface area contributed by atoms with E-state index >= 15 is 0 Å². The molecule has 0 aliphatic carbocycles. The second-order valence-corrected chi connectivity index (χ2v) is 6.44. The van der Waals surface area contributed by atoms with Gasteiger partial charge >= 0.3 is 0 Å². The van der Waals surface area contributed by atoms with Gasteiger partial charge in [0.2, 0.25) is 0 Å². The molecule has 0 aromatic heterocycles. The molecule has 2 aromatic carbocycles. The average molecular weight is 350 g/mol. The Morgan fingerprint density at radius 2 is 1.65 bits per heavy atom. The van der Waals surface area contributed by atoms with E-state index in [0.29, 0.717) is 6.54 Å². The molecule has 1 atom stereocenters. The number of rotatable bonds is 11. The lowest BCUT2D eigenvalue weighted by Gasteiger charge is -2.30. The van der Waals surface area contributed by atoms with Crippen molar-refractivity contribution >= 4 is 6.08 Å². The van der Waals surface area contributed by atoms with Gasteiger partial charge in [-0.2, -0.15) is 0 Å². The highest BCUT2D eigenvalue weighted by atomic mass is 16.7. The lowest BCUT2D eigenvalue weighted by atomic mass is 10.1. The standard InChI is InChI=1S/C24H31NO/c1-4-13-23(20-21-15-9-7-10-16-21)25(19-6-3)26-24(14-5-2)22-17-11-8-12-18-22/h6-12,15-18,20,24H,3-5,13-14,19H2,1-2H3/b23-20+. The van der Waals surface area contributed by atoms with Crippen molar-refractivity contribution in [2.45, 2.75) is 45.6 Å². The third-order valence-corrected chi connectivity index (χ3v) is 4.23. The Bertz CT molecular complexity index is 663. The molecule has 1 unspecified atom stereocenters. The highest BCUT2D eigenvalue weighted by Crippen LogP contribution is 2.27. The highest BCUT2D eigenvalue weighted by Gasteiger charge is 2.17. The Hall–Kier alpha value is -2.32. The van der Waals surface area contributed by atoms with Gasteiger partial charge in [0.15, 0.2) is 0 Å². The Balaban J connectivity index is 2.28. The average Bonchev–Trinajstić information content (AvgIpc) is 2.68. The molecule has 0 amide bonds. The molecule has 26 heavy (non-hydrogen) atoms. The summed E-state index contributed by atoms with van der Waals surface area (Å²) < 4.78 is 0. The zero-order valence-electron chi connectivity index (χ0n) is 16.1. The SMILES string of the molecule is C=CCN(OC(CCC)c1ccccc1)/C(=C/c1ccccc1)CCC. The van der Waals surface area contributed by atoms with Crippen LogP contribution in [0.5, 0.6) is 0 Å². The van der Waals surface area contributed by atoms with Crippen LogP contribution in [0.3, 0.4) is 0 Å². The topological polar surface area (TPSA) is 12.5 Å². The maximum Gasteiger partial charge on any atom is 0.111 e. The maximum atomic E-state index is 6.50. The van der Waals surface area contributed by atoms with Gasteiger partial charge < -0.3 is 0 Å². The highest BCUT2D eigenvalue weighted by molar-refractivity contribution is 5.52. The van der Waals surface area contributed by atoms with E-state index in [2.05, 4.69) is 75.0 Å². The second-order valence-electron chi connectivity index (χ2n) is 6.44. The predicted molar refractivity (Wildman–Crippen MR) is 111 cm³/mol. The van der Waals surface area contributed by atoms with Crippen LogP contribution in [0.1, 0.15) is 56.8 Å². The molecule has 0 N–H and O–H groups in total. The van der Waals surface area contributed by atoms with Gasteiger partial charge in [0.25, 0.3) is 0 Å². The van der Waals surface area contributed by atoms with E-state index in [1.165, 1.54) is 16.8 Å². The number of hydroxylamine groups is 2. The lowest BCUT2D eigenvalue weighted by molar-refractivity contribution is -0.173. The first-order valence-corrected chi connectivity index (χ1v) is 9.64. The molecule has 0 aliphatic rings. The normalized spacial score (nSPS) is 12.6. The summed E-state index contributed by atoms with van der Waals surface area (Å²) in [6, 6.07) is 20.9. The van der Waals surface area contributed by atoms with Crippen LogP contribution in [0.15, 0.2) is 79.0 Å². The summed E-state index contributed by atoms with van der Waals surface area (Å²) in [4.78, 5) is 6.50. The molecule has 0 fully saturated rings. The molecular formula is C24H31NO. The van der Waals surface area contributed by atoms with Crippen molar-refractivity contribution in [3.8, 4) is 0 Å². The van der Waals surface area contributed by atoms with Gasteiger partial charge in [-0.15, -0.1) is 6.58 Å². The zero-order chi connectivity index (χ0) is 18.6. The largest absolute Gasteiger partial charge is 0.265 e. The van der Waals surface area contributed by atoms with E-state index in [1.807, 2.05) is 23.3 Å².